The molecule has 0 atom stereocenters. The van der Waals surface area contributed by atoms with Crippen LogP contribution in [0.3, 0.4) is 0 Å². The summed E-state index contributed by atoms with van der Waals surface area (Å²) >= 11 is 0. The average molecular weight is 405 g/mol. The largest absolute Gasteiger partial charge is 0.435 e. The van der Waals surface area contributed by atoms with E-state index in [1.807, 2.05) is 6.07 Å². The number of nitrogens with one attached hydrogen (secondary N) is 1. The number of oxazole rings is 1. The first-order valence-electron chi connectivity index (χ1n) is 9.90. The number of hydrogen-bond donors (Lipinski definition) is 1. The summed E-state index contributed by atoms with van der Waals surface area (Å²) < 4.78 is 21.5. The minimum absolute atomic E-state index is 0.137. The van der Waals surface area contributed by atoms with Crippen LogP contribution < -0.4 is 5.32 Å². The number of hydrogen-bond acceptors (Lipinski definition) is 5. The Hall–Kier alpha value is -3.55. The fourth-order valence-corrected chi connectivity index (χ4v) is 3.24. The van der Waals surface area contributed by atoms with Gasteiger partial charge < -0.3 is 9.73 Å². The molecule has 30 heavy (non-hydrogen) atoms. The van der Waals surface area contributed by atoms with Gasteiger partial charge in [-0.2, -0.15) is 0 Å². The molecular formula is C22H20FN5O2. The lowest BCUT2D eigenvalue weighted by atomic mass is 10.1. The van der Waals surface area contributed by atoms with Crippen molar-refractivity contribution in [1.82, 2.24) is 19.7 Å². The highest BCUT2D eigenvalue weighted by Gasteiger charge is 2.29. The molecule has 0 unspecified atom stereocenters. The highest BCUT2D eigenvalue weighted by atomic mass is 19.1. The first-order chi connectivity index (χ1) is 14.5. The van der Waals surface area contributed by atoms with Crippen LogP contribution >= 0.6 is 0 Å². The lowest BCUT2D eigenvalue weighted by molar-refractivity contribution is 0.0995. The maximum Gasteiger partial charge on any atom is 0.293 e. The molecule has 3 heterocycles. The number of amides is 1. The molecule has 3 aromatic heterocycles. The van der Waals surface area contributed by atoms with Gasteiger partial charge >= 0.3 is 0 Å². The van der Waals surface area contributed by atoms with E-state index in [0.717, 1.165) is 23.8 Å². The van der Waals surface area contributed by atoms with Crippen LogP contribution in [0.5, 0.6) is 0 Å². The number of benzene rings is 1. The van der Waals surface area contributed by atoms with Gasteiger partial charge in [0.2, 0.25) is 5.76 Å². The van der Waals surface area contributed by atoms with Gasteiger partial charge in [-0.3, -0.25) is 4.79 Å². The first kappa shape index (κ1) is 18.5. The van der Waals surface area contributed by atoms with Crippen molar-refractivity contribution in [2.75, 3.05) is 5.32 Å². The summed E-state index contributed by atoms with van der Waals surface area (Å²) in [7, 11) is 0. The topological polar surface area (TPSA) is 85.8 Å². The smallest absolute Gasteiger partial charge is 0.293 e. The Morgan fingerprint density at radius 2 is 2.07 bits per heavy atom. The molecule has 1 fully saturated rings. The zero-order valence-corrected chi connectivity index (χ0v) is 16.6. The summed E-state index contributed by atoms with van der Waals surface area (Å²) in [5.41, 5.74) is 2.26. The number of halogens is 1. The predicted octanol–water partition coefficient (Wildman–Crippen LogP) is 4.80. The summed E-state index contributed by atoms with van der Waals surface area (Å²) in [6.07, 6.45) is 7.01. The molecule has 0 aliphatic heterocycles. The fourth-order valence-electron chi connectivity index (χ4n) is 3.24. The third-order valence-electron chi connectivity index (χ3n) is 5.17. The van der Waals surface area contributed by atoms with Gasteiger partial charge in [-0.05, 0) is 48.6 Å². The lowest BCUT2D eigenvalue weighted by Gasteiger charge is -2.07. The number of aromatic nitrogens is 4. The van der Waals surface area contributed by atoms with E-state index in [0.29, 0.717) is 29.1 Å². The van der Waals surface area contributed by atoms with Gasteiger partial charge in [-0.1, -0.05) is 13.8 Å². The summed E-state index contributed by atoms with van der Waals surface area (Å²) in [4.78, 5) is 21.0. The SMILES string of the molecule is CC(C)c1cnc2nn(-c3cc(NC(=O)c4cnc(C5CC5)o4)ccc3F)cc2c1. The van der Waals surface area contributed by atoms with Gasteiger partial charge in [0.05, 0.1) is 6.20 Å². The van der Waals surface area contributed by atoms with E-state index >= 15 is 0 Å². The molecule has 1 N–H and O–H groups in total. The van der Waals surface area contributed by atoms with Crippen LogP contribution in [0.2, 0.25) is 0 Å². The lowest BCUT2D eigenvalue weighted by Crippen LogP contribution is -2.11. The van der Waals surface area contributed by atoms with Crippen LogP contribution in [-0.2, 0) is 0 Å². The maximum atomic E-state index is 14.5. The Morgan fingerprint density at radius 1 is 1.23 bits per heavy atom. The summed E-state index contributed by atoms with van der Waals surface area (Å²) in [6.45, 7) is 4.17. The van der Waals surface area contributed by atoms with Gasteiger partial charge in [0, 0.05) is 29.4 Å². The number of carbonyl (C=O) groups excluding carboxylic acids is 1. The van der Waals surface area contributed by atoms with Gasteiger partial charge in [-0.15, -0.1) is 5.10 Å². The molecule has 0 saturated heterocycles. The van der Waals surface area contributed by atoms with E-state index in [1.54, 1.807) is 12.4 Å². The van der Waals surface area contributed by atoms with E-state index in [-0.39, 0.29) is 11.4 Å². The summed E-state index contributed by atoms with van der Waals surface area (Å²) in [5, 5.41) is 7.93. The summed E-state index contributed by atoms with van der Waals surface area (Å²) in [5.74, 6) is 0.496. The highest BCUT2D eigenvalue weighted by molar-refractivity contribution is 6.02. The van der Waals surface area contributed by atoms with Crippen molar-refractivity contribution in [2.24, 2.45) is 0 Å². The molecule has 0 radical (unpaired) electrons. The molecule has 0 bridgehead atoms. The van der Waals surface area contributed by atoms with Crippen LogP contribution in [0.15, 0.2) is 47.3 Å². The Morgan fingerprint density at radius 3 is 2.83 bits per heavy atom. The number of carbonyl (C=O) groups is 1. The maximum absolute atomic E-state index is 14.5. The molecule has 1 saturated carbocycles. The second-order valence-corrected chi connectivity index (χ2v) is 7.87. The fraction of sp³-hybridized carbons (Fsp3) is 0.273. The quantitative estimate of drug-likeness (QED) is 0.515. The molecule has 7 nitrogen and oxygen atoms in total. The van der Waals surface area contributed by atoms with E-state index < -0.39 is 11.7 Å². The molecule has 0 spiro atoms. The number of fused-ring (bicyclic) bond motifs is 1. The van der Waals surface area contributed by atoms with Crippen molar-refractivity contribution in [3.63, 3.8) is 0 Å². The van der Waals surface area contributed by atoms with Crippen molar-refractivity contribution in [3.8, 4) is 5.69 Å². The molecule has 1 aliphatic carbocycles. The van der Waals surface area contributed by atoms with Crippen molar-refractivity contribution in [2.45, 2.75) is 38.5 Å². The molecule has 1 amide bonds. The molecule has 8 heteroatoms. The van der Waals surface area contributed by atoms with E-state index in [4.69, 9.17) is 4.42 Å². The highest BCUT2D eigenvalue weighted by Crippen LogP contribution is 2.39. The Balaban J connectivity index is 1.42. The van der Waals surface area contributed by atoms with Gasteiger partial charge in [-0.25, -0.2) is 19.0 Å². The van der Waals surface area contributed by atoms with E-state index in [9.17, 15) is 9.18 Å². The van der Waals surface area contributed by atoms with Gasteiger partial charge in [0.25, 0.3) is 5.91 Å². The van der Waals surface area contributed by atoms with E-state index in [2.05, 4.69) is 34.2 Å². The van der Waals surface area contributed by atoms with Crippen molar-refractivity contribution < 1.29 is 13.6 Å². The predicted molar refractivity (Wildman–Crippen MR) is 109 cm³/mol. The standard InChI is InChI=1S/C22H20FN5O2/c1-12(2)14-7-15-11-28(27-20(15)24-9-14)18-8-16(5-6-17(18)23)26-21(29)19-10-25-22(30-19)13-3-4-13/h5-13H,3-4H2,1-2H3,(H,26,29). The van der Waals surface area contributed by atoms with Crippen LogP contribution in [0, 0.1) is 5.82 Å². The average Bonchev–Trinajstić information content (AvgIpc) is 3.30. The van der Waals surface area contributed by atoms with Crippen LogP contribution in [0.4, 0.5) is 10.1 Å². The van der Waals surface area contributed by atoms with Crippen molar-refractivity contribution >= 4 is 22.6 Å². The third kappa shape index (κ3) is 3.45. The number of rotatable bonds is 5. The third-order valence-corrected chi connectivity index (χ3v) is 5.17. The van der Waals surface area contributed by atoms with Gasteiger partial charge in [0.1, 0.15) is 11.5 Å². The molecule has 5 rings (SSSR count). The Bertz CT molecular complexity index is 1260. The van der Waals surface area contributed by atoms with Crippen molar-refractivity contribution in [1.29, 1.82) is 0 Å². The zero-order valence-electron chi connectivity index (χ0n) is 16.6. The van der Waals surface area contributed by atoms with Crippen LogP contribution in [0.1, 0.15) is 60.5 Å². The zero-order chi connectivity index (χ0) is 20.8. The minimum Gasteiger partial charge on any atom is -0.435 e. The van der Waals surface area contributed by atoms with Gasteiger partial charge in [0.15, 0.2) is 11.5 Å². The molecule has 1 aromatic carbocycles. The number of anilines is 1. The monoisotopic (exact) mass is 405 g/mol. The Labute approximate surface area is 171 Å². The second kappa shape index (κ2) is 7.05. The summed E-state index contributed by atoms with van der Waals surface area (Å²) in [6, 6.07) is 6.32. The number of pyridine rings is 1. The first-order valence-corrected chi connectivity index (χ1v) is 9.90. The Kier molecular flexibility index (Phi) is 4.34. The minimum atomic E-state index is -0.458. The normalized spacial score (nSPS) is 13.9. The molecule has 4 aromatic rings. The molecule has 152 valence electrons. The van der Waals surface area contributed by atoms with Crippen LogP contribution in [-0.4, -0.2) is 25.7 Å². The second-order valence-electron chi connectivity index (χ2n) is 7.87. The molecular weight excluding hydrogens is 385 g/mol. The van der Waals surface area contributed by atoms with E-state index in [1.165, 1.54) is 29.1 Å². The van der Waals surface area contributed by atoms with Crippen LogP contribution in [0.25, 0.3) is 16.7 Å². The number of nitrogens with zero attached hydrogens (tertiary/aromatic N) is 4. The van der Waals surface area contributed by atoms with Crippen molar-refractivity contribution in [3.05, 3.63) is 65.9 Å². The molecule has 1 aliphatic rings.